The van der Waals surface area contributed by atoms with Gasteiger partial charge < -0.3 is 19.3 Å². The van der Waals surface area contributed by atoms with Crippen molar-refractivity contribution in [3.63, 3.8) is 0 Å². The van der Waals surface area contributed by atoms with Gasteiger partial charge in [0, 0.05) is 32.4 Å². The average molecular weight is 510 g/mol. The Bertz CT molecular complexity index is 1110. The molecule has 0 N–H and O–H groups in total. The fraction of sp³-hybridized carbons (Fsp3) is 0.321. The molecule has 0 bridgehead atoms. The minimum Gasteiger partial charge on any atom is -0.494 e. The van der Waals surface area contributed by atoms with Gasteiger partial charge in [-0.15, -0.1) is 0 Å². The quantitative estimate of drug-likeness (QED) is 0.345. The molecular formula is C28H35N3O4S. The molecule has 0 saturated carbocycles. The number of ether oxygens (including phenoxy) is 2. The molecule has 1 unspecified atom stereocenters. The van der Waals surface area contributed by atoms with E-state index in [9.17, 15) is 9.00 Å². The molecule has 3 aromatic rings. The van der Waals surface area contributed by atoms with E-state index in [1.807, 2.05) is 80.5 Å². The number of rotatable bonds is 13. The Morgan fingerprint density at radius 1 is 0.806 bits per heavy atom. The van der Waals surface area contributed by atoms with Gasteiger partial charge in [-0.2, -0.15) is 0 Å². The Morgan fingerprint density at radius 2 is 1.42 bits per heavy atom. The van der Waals surface area contributed by atoms with Gasteiger partial charge in [-0.3, -0.25) is 9.10 Å². The minimum atomic E-state index is -1.37. The number of hydrogen-bond acceptors (Lipinski definition) is 5. The van der Waals surface area contributed by atoms with Gasteiger partial charge in [-0.25, -0.2) is 4.21 Å². The predicted octanol–water partition coefficient (Wildman–Crippen LogP) is 4.21. The van der Waals surface area contributed by atoms with E-state index in [4.69, 9.17) is 9.47 Å². The standard InChI is InChI=1S/C28H35N3O4S/c1-5-34-25-15-17-27(18-16-25)36(33)30(4)24-11-13-26(14-12-24)35-22-28(32)31(20-19-29(2)3)21-23-9-7-6-8-10-23/h6-18H,5,19-22H2,1-4H3. The summed E-state index contributed by atoms with van der Waals surface area (Å²) in [5.74, 6) is 1.26. The topological polar surface area (TPSA) is 62.3 Å². The van der Waals surface area contributed by atoms with E-state index in [0.717, 1.165) is 23.5 Å². The molecule has 3 rings (SSSR count). The van der Waals surface area contributed by atoms with Crippen molar-refractivity contribution in [1.29, 1.82) is 0 Å². The number of carbonyl (C=O) groups is 1. The number of amides is 1. The SMILES string of the molecule is CCOc1ccc(S(=O)N(C)c2ccc(OCC(=O)N(CCN(C)C)Cc3ccccc3)cc2)cc1. The largest absolute Gasteiger partial charge is 0.494 e. The van der Waals surface area contributed by atoms with Gasteiger partial charge in [0.25, 0.3) is 5.91 Å². The summed E-state index contributed by atoms with van der Waals surface area (Å²) in [5, 5.41) is 0. The highest BCUT2D eigenvalue weighted by atomic mass is 32.2. The third kappa shape index (κ3) is 8.10. The molecule has 7 nitrogen and oxygen atoms in total. The molecule has 1 amide bonds. The van der Waals surface area contributed by atoms with E-state index in [-0.39, 0.29) is 12.5 Å². The smallest absolute Gasteiger partial charge is 0.260 e. The van der Waals surface area contributed by atoms with Crippen LogP contribution in [0.3, 0.4) is 0 Å². The number of benzene rings is 3. The van der Waals surface area contributed by atoms with Crippen LogP contribution >= 0.6 is 0 Å². The Balaban J connectivity index is 1.58. The van der Waals surface area contributed by atoms with Gasteiger partial charge in [0.15, 0.2) is 17.6 Å². The molecule has 8 heteroatoms. The van der Waals surface area contributed by atoms with Crippen LogP contribution in [0.15, 0.2) is 83.8 Å². The molecule has 3 aromatic carbocycles. The van der Waals surface area contributed by atoms with Crippen molar-refractivity contribution in [3.8, 4) is 11.5 Å². The van der Waals surface area contributed by atoms with E-state index in [0.29, 0.717) is 30.3 Å². The predicted molar refractivity (Wildman–Crippen MR) is 145 cm³/mol. The van der Waals surface area contributed by atoms with Crippen molar-refractivity contribution in [3.05, 3.63) is 84.4 Å². The molecule has 0 aromatic heterocycles. The first-order valence-corrected chi connectivity index (χ1v) is 13.1. The lowest BCUT2D eigenvalue weighted by molar-refractivity contribution is -0.134. The molecular weight excluding hydrogens is 474 g/mol. The molecule has 0 aliphatic carbocycles. The van der Waals surface area contributed by atoms with Crippen LogP contribution < -0.4 is 13.8 Å². The summed E-state index contributed by atoms with van der Waals surface area (Å²) in [4.78, 5) is 17.5. The van der Waals surface area contributed by atoms with Crippen LogP contribution in [0, 0.1) is 0 Å². The maximum absolute atomic E-state index is 13.0. The van der Waals surface area contributed by atoms with Gasteiger partial charge in [-0.1, -0.05) is 30.3 Å². The maximum atomic E-state index is 13.0. The molecule has 0 radical (unpaired) electrons. The van der Waals surface area contributed by atoms with Crippen molar-refractivity contribution < 1.29 is 18.5 Å². The first-order valence-electron chi connectivity index (χ1n) is 11.9. The average Bonchev–Trinajstić information content (AvgIpc) is 2.90. The molecule has 0 fully saturated rings. The molecule has 0 aliphatic heterocycles. The second-order valence-electron chi connectivity index (χ2n) is 8.54. The molecule has 0 saturated heterocycles. The molecule has 36 heavy (non-hydrogen) atoms. The first kappa shape index (κ1) is 27.2. The number of nitrogens with zero attached hydrogens (tertiary/aromatic N) is 3. The highest BCUT2D eigenvalue weighted by Crippen LogP contribution is 2.23. The number of hydrogen-bond donors (Lipinski definition) is 0. The Hall–Kier alpha value is -3.36. The van der Waals surface area contributed by atoms with Gasteiger partial charge in [-0.05, 0) is 75.1 Å². The molecule has 0 heterocycles. The fourth-order valence-electron chi connectivity index (χ4n) is 3.48. The van der Waals surface area contributed by atoms with Crippen LogP contribution in [0.1, 0.15) is 12.5 Å². The van der Waals surface area contributed by atoms with E-state index in [2.05, 4.69) is 4.90 Å². The normalized spacial score (nSPS) is 11.7. The van der Waals surface area contributed by atoms with Crippen LogP contribution in [0.4, 0.5) is 5.69 Å². The molecule has 0 spiro atoms. The zero-order valence-electron chi connectivity index (χ0n) is 21.4. The molecule has 192 valence electrons. The van der Waals surface area contributed by atoms with Crippen molar-refractivity contribution in [2.45, 2.75) is 18.4 Å². The van der Waals surface area contributed by atoms with E-state index in [1.165, 1.54) is 0 Å². The third-order valence-electron chi connectivity index (χ3n) is 5.53. The Kier molecular flexibility index (Phi) is 10.3. The summed E-state index contributed by atoms with van der Waals surface area (Å²) >= 11 is 0. The Labute approximate surface area is 216 Å². The van der Waals surface area contributed by atoms with E-state index < -0.39 is 11.0 Å². The van der Waals surface area contributed by atoms with Crippen molar-refractivity contribution in [1.82, 2.24) is 9.80 Å². The van der Waals surface area contributed by atoms with Crippen LogP contribution in [-0.2, 0) is 22.3 Å². The van der Waals surface area contributed by atoms with E-state index in [1.54, 1.807) is 35.6 Å². The van der Waals surface area contributed by atoms with Gasteiger partial charge in [0.05, 0.1) is 11.5 Å². The molecule has 1 atom stereocenters. The van der Waals surface area contributed by atoms with Crippen LogP contribution in [0.2, 0.25) is 0 Å². The summed E-state index contributed by atoms with van der Waals surface area (Å²) in [6.07, 6.45) is 0. The second kappa shape index (κ2) is 13.7. The minimum absolute atomic E-state index is 0.0481. The summed E-state index contributed by atoms with van der Waals surface area (Å²) in [6, 6.07) is 24.4. The van der Waals surface area contributed by atoms with Crippen molar-refractivity contribution >= 4 is 22.6 Å². The number of likely N-dealkylation sites (N-methyl/N-ethyl adjacent to an activating group) is 1. The van der Waals surface area contributed by atoms with Crippen LogP contribution in [-0.4, -0.2) is 67.4 Å². The van der Waals surface area contributed by atoms with Crippen molar-refractivity contribution in [2.75, 3.05) is 51.8 Å². The monoisotopic (exact) mass is 509 g/mol. The van der Waals surface area contributed by atoms with Crippen LogP contribution in [0.5, 0.6) is 11.5 Å². The zero-order chi connectivity index (χ0) is 25.9. The number of anilines is 1. The lowest BCUT2D eigenvalue weighted by Gasteiger charge is -2.25. The highest BCUT2D eigenvalue weighted by molar-refractivity contribution is 7.86. The third-order valence-corrected chi connectivity index (χ3v) is 6.92. The summed E-state index contributed by atoms with van der Waals surface area (Å²) in [7, 11) is 4.39. The van der Waals surface area contributed by atoms with E-state index >= 15 is 0 Å². The summed E-state index contributed by atoms with van der Waals surface area (Å²) in [5.41, 5.74) is 1.86. The second-order valence-corrected chi connectivity index (χ2v) is 10.1. The summed E-state index contributed by atoms with van der Waals surface area (Å²) < 4.78 is 25.9. The zero-order valence-corrected chi connectivity index (χ0v) is 22.2. The molecule has 0 aliphatic rings. The lowest BCUT2D eigenvalue weighted by Crippen LogP contribution is -2.38. The number of carbonyl (C=O) groups excluding carboxylic acids is 1. The van der Waals surface area contributed by atoms with Gasteiger partial charge >= 0.3 is 0 Å². The Morgan fingerprint density at radius 3 is 2.03 bits per heavy atom. The maximum Gasteiger partial charge on any atom is 0.260 e. The summed E-state index contributed by atoms with van der Waals surface area (Å²) in [6.45, 7) is 4.39. The fourth-order valence-corrected chi connectivity index (χ4v) is 4.48. The van der Waals surface area contributed by atoms with Gasteiger partial charge in [0.2, 0.25) is 0 Å². The van der Waals surface area contributed by atoms with Crippen molar-refractivity contribution in [2.24, 2.45) is 0 Å². The highest BCUT2D eigenvalue weighted by Gasteiger charge is 2.16. The lowest BCUT2D eigenvalue weighted by atomic mass is 10.2. The van der Waals surface area contributed by atoms with Gasteiger partial charge in [0.1, 0.15) is 11.5 Å². The first-order chi connectivity index (χ1) is 17.4. The van der Waals surface area contributed by atoms with Crippen LogP contribution in [0.25, 0.3) is 0 Å².